The SMILES string of the molecule is O=C(CN1CCOC1=O)NC1CCCC2CN(C(=O)C3(O)CC3)CC21. The van der Waals surface area contributed by atoms with Gasteiger partial charge in [0.15, 0.2) is 0 Å². The fourth-order valence-corrected chi connectivity index (χ4v) is 4.44. The van der Waals surface area contributed by atoms with Crippen molar-refractivity contribution in [1.29, 1.82) is 0 Å². The first-order valence-corrected chi connectivity index (χ1v) is 9.19. The maximum atomic E-state index is 12.4. The van der Waals surface area contributed by atoms with Crippen molar-refractivity contribution in [2.75, 3.05) is 32.8 Å². The molecule has 4 aliphatic rings. The molecule has 2 saturated heterocycles. The standard InChI is InChI=1S/C17H25N3O5/c21-14(10-19-6-7-25-16(19)23)18-13-3-1-2-11-8-20(9-12(11)13)15(22)17(24)4-5-17/h11-13,24H,1-10H2,(H,18,21). The summed E-state index contributed by atoms with van der Waals surface area (Å²) in [4.78, 5) is 39.3. The summed E-state index contributed by atoms with van der Waals surface area (Å²) in [6.07, 6.45) is 3.64. The number of nitrogens with zero attached hydrogens (tertiary/aromatic N) is 2. The number of carbonyl (C=O) groups is 3. The molecular formula is C17H25N3O5. The Bertz CT molecular complexity index is 591. The van der Waals surface area contributed by atoms with E-state index in [-0.39, 0.29) is 30.3 Å². The second-order valence-electron chi connectivity index (χ2n) is 7.81. The summed E-state index contributed by atoms with van der Waals surface area (Å²) in [5, 5.41) is 13.1. The number of hydrogen-bond acceptors (Lipinski definition) is 5. The molecule has 4 rings (SSSR count). The molecule has 8 nitrogen and oxygen atoms in total. The summed E-state index contributed by atoms with van der Waals surface area (Å²) < 4.78 is 4.84. The number of aliphatic hydroxyl groups is 1. The number of ether oxygens (including phenoxy) is 1. The third-order valence-electron chi connectivity index (χ3n) is 6.03. The zero-order valence-corrected chi connectivity index (χ0v) is 14.3. The van der Waals surface area contributed by atoms with Crippen LogP contribution >= 0.6 is 0 Å². The van der Waals surface area contributed by atoms with Crippen LogP contribution in [0.25, 0.3) is 0 Å². The number of amides is 3. The largest absolute Gasteiger partial charge is 0.448 e. The first-order chi connectivity index (χ1) is 12.0. The highest BCUT2D eigenvalue weighted by atomic mass is 16.6. The predicted octanol–water partition coefficient (Wildman–Crippen LogP) is -0.293. The van der Waals surface area contributed by atoms with Crippen molar-refractivity contribution in [3.8, 4) is 0 Å². The van der Waals surface area contributed by atoms with E-state index in [4.69, 9.17) is 4.74 Å². The molecule has 0 aromatic rings. The van der Waals surface area contributed by atoms with Gasteiger partial charge in [-0.1, -0.05) is 6.42 Å². The van der Waals surface area contributed by atoms with E-state index < -0.39 is 11.7 Å². The number of hydrogen-bond donors (Lipinski definition) is 2. The first-order valence-electron chi connectivity index (χ1n) is 9.19. The van der Waals surface area contributed by atoms with Crippen LogP contribution in [0.5, 0.6) is 0 Å². The molecule has 0 spiro atoms. The third kappa shape index (κ3) is 3.19. The highest BCUT2D eigenvalue weighted by molar-refractivity contribution is 5.88. The maximum absolute atomic E-state index is 12.4. The molecule has 4 fully saturated rings. The third-order valence-corrected chi connectivity index (χ3v) is 6.03. The van der Waals surface area contributed by atoms with Crippen LogP contribution in [-0.2, 0) is 14.3 Å². The zero-order valence-electron chi connectivity index (χ0n) is 14.3. The highest BCUT2D eigenvalue weighted by Crippen LogP contribution is 2.41. The number of likely N-dealkylation sites (tertiary alicyclic amines) is 1. The van der Waals surface area contributed by atoms with Crippen LogP contribution in [-0.4, -0.2) is 77.2 Å². The van der Waals surface area contributed by atoms with E-state index in [0.717, 1.165) is 19.3 Å². The zero-order chi connectivity index (χ0) is 17.6. The summed E-state index contributed by atoms with van der Waals surface area (Å²) in [7, 11) is 0. The predicted molar refractivity (Wildman–Crippen MR) is 86.4 cm³/mol. The van der Waals surface area contributed by atoms with Crippen LogP contribution in [0, 0.1) is 11.8 Å². The van der Waals surface area contributed by atoms with Crippen molar-refractivity contribution in [2.45, 2.75) is 43.7 Å². The molecule has 2 N–H and O–H groups in total. The molecule has 3 atom stereocenters. The van der Waals surface area contributed by atoms with Gasteiger partial charge in [0.2, 0.25) is 5.91 Å². The second-order valence-corrected chi connectivity index (χ2v) is 7.81. The number of carbonyl (C=O) groups excluding carboxylic acids is 3. The van der Waals surface area contributed by atoms with Gasteiger partial charge < -0.3 is 20.1 Å². The highest BCUT2D eigenvalue weighted by Gasteiger charge is 2.53. The average molecular weight is 351 g/mol. The van der Waals surface area contributed by atoms with Crippen molar-refractivity contribution in [3.63, 3.8) is 0 Å². The summed E-state index contributed by atoms with van der Waals surface area (Å²) in [6.45, 7) is 2.08. The van der Waals surface area contributed by atoms with Gasteiger partial charge >= 0.3 is 6.09 Å². The summed E-state index contributed by atoms with van der Waals surface area (Å²) in [5.41, 5.74) is -1.12. The molecule has 0 bridgehead atoms. The minimum absolute atomic E-state index is 0.0229. The van der Waals surface area contributed by atoms with Crippen LogP contribution in [0.1, 0.15) is 32.1 Å². The van der Waals surface area contributed by atoms with Crippen LogP contribution in [0.3, 0.4) is 0 Å². The van der Waals surface area contributed by atoms with Crippen LogP contribution < -0.4 is 5.32 Å². The Balaban J connectivity index is 1.35. The van der Waals surface area contributed by atoms with Gasteiger partial charge in [-0.15, -0.1) is 0 Å². The molecule has 138 valence electrons. The minimum Gasteiger partial charge on any atom is -0.448 e. The molecule has 2 aliphatic carbocycles. The number of rotatable bonds is 4. The quantitative estimate of drug-likeness (QED) is 0.725. The molecule has 0 radical (unpaired) electrons. The molecule has 3 unspecified atom stereocenters. The van der Waals surface area contributed by atoms with Crippen molar-refractivity contribution in [1.82, 2.24) is 15.1 Å². The van der Waals surface area contributed by atoms with Gasteiger partial charge in [0.1, 0.15) is 18.8 Å². The Morgan fingerprint density at radius 3 is 2.76 bits per heavy atom. The van der Waals surface area contributed by atoms with E-state index in [2.05, 4.69) is 5.32 Å². The lowest BCUT2D eigenvalue weighted by Gasteiger charge is -2.33. The van der Waals surface area contributed by atoms with Crippen molar-refractivity contribution >= 4 is 17.9 Å². The van der Waals surface area contributed by atoms with Crippen LogP contribution in [0.2, 0.25) is 0 Å². The average Bonchev–Trinajstić information content (AvgIpc) is 3.01. The molecule has 2 heterocycles. The summed E-state index contributed by atoms with van der Waals surface area (Å²) in [5.74, 6) is 0.290. The Morgan fingerprint density at radius 2 is 2.08 bits per heavy atom. The minimum atomic E-state index is -1.12. The van der Waals surface area contributed by atoms with Gasteiger partial charge in [0.05, 0.1) is 6.54 Å². The van der Waals surface area contributed by atoms with E-state index in [1.54, 1.807) is 4.90 Å². The molecule has 0 aromatic carbocycles. The Labute approximate surface area is 146 Å². The molecule has 2 aliphatic heterocycles. The molecule has 3 amide bonds. The van der Waals surface area contributed by atoms with E-state index in [9.17, 15) is 19.5 Å². The summed E-state index contributed by atoms with van der Waals surface area (Å²) >= 11 is 0. The van der Waals surface area contributed by atoms with E-state index in [1.807, 2.05) is 0 Å². The Morgan fingerprint density at radius 1 is 1.28 bits per heavy atom. The lowest BCUT2D eigenvalue weighted by Crippen LogP contribution is -2.49. The normalized spacial score (nSPS) is 33.0. The second kappa shape index (κ2) is 6.16. The summed E-state index contributed by atoms with van der Waals surface area (Å²) in [6, 6.07) is 0.0246. The molecule has 25 heavy (non-hydrogen) atoms. The van der Waals surface area contributed by atoms with Gasteiger partial charge in [-0.25, -0.2) is 4.79 Å². The van der Waals surface area contributed by atoms with Crippen molar-refractivity contribution in [3.05, 3.63) is 0 Å². The van der Waals surface area contributed by atoms with Crippen molar-refractivity contribution in [2.24, 2.45) is 11.8 Å². The van der Waals surface area contributed by atoms with Gasteiger partial charge in [0.25, 0.3) is 5.91 Å². The van der Waals surface area contributed by atoms with Gasteiger partial charge in [-0.05, 0) is 31.6 Å². The van der Waals surface area contributed by atoms with Crippen molar-refractivity contribution < 1.29 is 24.2 Å². The van der Waals surface area contributed by atoms with E-state index >= 15 is 0 Å². The topological polar surface area (TPSA) is 99.2 Å². The lowest BCUT2D eigenvalue weighted by atomic mass is 9.78. The van der Waals surface area contributed by atoms with Crippen LogP contribution in [0.15, 0.2) is 0 Å². The number of cyclic esters (lactones) is 1. The molecule has 2 saturated carbocycles. The first kappa shape index (κ1) is 16.6. The van der Waals surface area contributed by atoms with Gasteiger partial charge in [-0.2, -0.15) is 0 Å². The fraction of sp³-hybridized carbons (Fsp3) is 0.824. The number of fused-ring (bicyclic) bond motifs is 1. The molecule has 0 aromatic heterocycles. The van der Waals surface area contributed by atoms with E-state index in [1.165, 1.54) is 4.90 Å². The smallest absolute Gasteiger partial charge is 0.410 e. The number of nitrogens with one attached hydrogen (secondary N) is 1. The van der Waals surface area contributed by atoms with Crippen LogP contribution in [0.4, 0.5) is 4.79 Å². The molecule has 8 heteroatoms. The van der Waals surface area contributed by atoms with Gasteiger partial charge in [0, 0.05) is 25.0 Å². The fourth-order valence-electron chi connectivity index (χ4n) is 4.44. The molecular weight excluding hydrogens is 326 g/mol. The maximum Gasteiger partial charge on any atom is 0.410 e. The van der Waals surface area contributed by atoms with E-state index in [0.29, 0.717) is 45.0 Å². The monoisotopic (exact) mass is 351 g/mol. The lowest BCUT2D eigenvalue weighted by molar-refractivity contribution is -0.141. The Kier molecular flexibility index (Phi) is 4.10. The van der Waals surface area contributed by atoms with Gasteiger partial charge in [-0.3, -0.25) is 14.5 Å². The Hall–Kier alpha value is -1.83.